The number of anilines is 1. The van der Waals surface area contributed by atoms with E-state index in [2.05, 4.69) is 40.9 Å². The molecule has 2 unspecified atom stereocenters. The molecule has 0 fully saturated rings. The number of nitrogens with zero attached hydrogens (tertiary/aromatic N) is 1. The Kier molecular flexibility index (Phi) is 5.24. The van der Waals surface area contributed by atoms with Gasteiger partial charge in [0, 0.05) is 33.0 Å². The van der Waals surface area contributed by atoms with E-state index < -0.39 is 5.41 Å². The van der Waals surface area contributed by atoms with Crippen LogP contribution < -0.4 is 15.5 Å². The molecule has 0 saturated carbocycles. The lowest BCUT2D eigenvalue weighted by atomic mass is 9.84. The zero-order chi connectivity index (χ0) is 24.2. The summed E-state index contributed by atoms with van der Waals surface area (Å²) in [7, 11) is 1.69. The summed E-state index contributed by atoms with van der Waals surface area (Å²) in [6, 6.07) is 12.3. The number of aromatic nitrogens is 1. The van der Waals surface area contributed by atoms with Crippen molar-refractivity contribution in [3.05, 3.63) is 64.4 Å². The predicted molar refractivity (Wildman–Crippen MR) is 135 cm³/mol. The molecule has 7 heteroatoms. The average molecular weight is 459 g/mol. The summed E-state index contributed by atoms with van der Waals surface area (Å²) in [5, 5.41) is 4.48. The van der Waals surface area contributed by atoms with E-state index in [-0.39, 0.29) is 12.2 Å². The molecule has 176 valence electrons. The quantitative estimate of drug-likeness (QED) is 0.473. The number of hydrogen-bond donors (Lipinski definition) is 3. The van der Waals surface area contributed by atoms with Gasteiger partial charge in [-0.2, -0.15) is 0 Å². The number of H-pyrrole nitrogens is 1. The summed E-state index contributed by atoms with van der Waals surface area (Å²) in [6.07, 6.45) is 0.888. The Morgan fingerprint density at radius 2 is 1.97 bits per heavy atom. The van der Waals surface area contributed by atoms with Crippen molar-refractivity contribution in [2.45, 2.75) is 52.2 Å². The van der Waals surface area contributed by atoms with Crippen molar-refractivity contribution < 1.29 is 14.4 Å². The number of allylic oxidation sites excluding steroid dienone is 1. The fraction of sp³-hybridized carbons (Fsp3) is 0.333. The van der Waals surface area contributed by atoms with E-state index >= 15 is 0 Å². The van der Waals surface area contributed by atoms with Crippen LogP contribution in [0.15, 0.2) is 47.1 Å². The Labute approximate surface area is 199 Å². The van der Waals surface area contributed by atoms with Gasteiger partial charge < -0.3 is 24.7 Å². The summed E-state index contributed by atoms with van der Waals surface area (Å²) >= 11 is 0. The summed E-state index contributed by atoms with van der Waals surface area (Å²) in [4.78, 5) is 25.8. The Hall–Kier alpha value is -3.58. The van der Waals surface area contributed by atoms with Crippen LogP contribution in [0, 0.1) is 0 Å². The van der Waals surface area contributed by atoms with Gasteiger partial charge in [0.15, 0.2) is 0 Å². The lowest BCUT2D eigenvalue weighted by Gasteiger charge is -2.23. The number of hydroxylamine groups is 1. The maximum atomic E-state index is 11.7. The van der Waals surface area contributed by atoms with E-state index in [9.17, 15) is 4.79 Å². The standard InChI is InChI=1S/C27H30N4O3/c1-14-23(15(2)34-31-14)20-11-21-19(12-22(20)33-6)24-25(28-16(3)29-26(24)30-21)17-8-7-9-18(10-17)27(4,5)13-32/h7-14,16,29-31H,1-6H3. The number of aliphatic imine (C=N–C) groups is 1. The van der Waals surface area contributed by atoms with E-state index in [0.717, 1.165) is 68.1 Å². The number of carbonyl (C=O) groups is 1. The molecule has 3 aromatic rings. The van der Waals surface area contributed by atoms with Gasteiger partial charge in [-0.05, 0) is 58.4 Å². The van der Waals surface area contributed by atoms with Gasteiger partial charge in [0.25, 0.3) is 0 Å². The van der Waals surface area contributed by atoms with Crippen molar-refractivity contribution in [1.29, 1.82) is 0 Å². The lowest BCUT2D eigenvalue weighted by Crippen LogP contribution is -2.24. The van der Waals surface area contributed by atoms with Gasteiger partial charge in [-0.15, -0.1) is 5.48 Å². The smallest absolute Gasteiger partial charge is 0.129 e. The van der Waals surface area contributed by atoms with Crippen LogP contribution in [0.3, 0.4) is 0 Å². The van der Waals surface area contributed by atoms with Gasteiger partial charge in [-0.1, -0.05) is 18.2 Å². The zero-order valence-corrected chi connectivity index (χ0v) is 20.4. The fourth-order valence-electron chi connectivity index (χ4n) is 4.83. The largest absolute Gasteiger partial charge is 0.496 e. The third-order valence-corrected chi connectivity index (χ3v) is 6.70. The number of carbonyl (C=O) groups excluding carboxylic acids is 1. The zero-order valence-electron chi connectivity index (χ0n) is 20.4. The van der Waals surface area contributed by atoms with E-state index in [4.69, 9.17) is 14.6 Å². The van der Waals surface area contributed by atoms with Crippen LogP contribution in [-0.2, 0) is 15.0 Å². The van der Waals surface area contributed by atoms with E-state index in [1.54, 1.807) is 7.11 Å². The molecule has 3 heterocycles. The van der Waals surface area contributed by atoms with Gasteiger partial charge in [-0.25, -0.2) is 0 Å². The highest BCUT2D eigenvalue weighted by Crippen LogP contribution is 2.41. The molecule has 0 amide bonds. The summed E-state index contributed by atoms with van der Waals surface area (Å²) < 4.78 is 5.83. The summed E-state index contributed by atoms with van der Waals surface area (Å²) in [5.74, 6) is 2.54. The van der Waals surface area contributed by atoms with Crippen molar-refractivity contribution in [2.24, 2.45) is 4.99 Å². The number of rotatable bonds is 5. The normalized spacial score (nSPS) is 20.0. The van der Waals surface area contributed by atoms with Crippen molar-refractivity contribution >= 4 is 34.3 Å². The van der Waals surface area contributed by atoms with Crippen molar-refractivity contribution in [3.63, 3.8) is 0 Å². The molecule has 3 N–H and O–H groups in total. The highest BCUT2D eigenvalue weighted by Gasteiger charge is 2.29. The fourth-order valence-corrected chi connectivity index (χ4v) is 4.83. The van der Waals surface area contributed by atoms with Crippen LogP contribution >= 0.6 is 0 Å². The second kappa shape index (κ2) is 8.02. The van der Waals surface area contributed by atoms with E-state index in [0.29, 0.717) is 0 Å². The first-order chi connectivity index (χ1) is 16.2. The lowest BCUT2D eigenvalue weighted by molar-refractivity contribution is -0.111. The second-order valence-corrected chi connectivity index (χ2v) is 9.60. The Balaban J connectivity index is 1.70. The molecule has 0 saturated heterocycles. The Morgan fingerprint density at radius 3 is 2.65 bits per heavy atom. The molecular weight excluding hydrogens is 428 g/mol. The summed E-state index contributed by atoms with van der Waals surface area (Å²) in [5.41, 5.74) is 9.33. The first-order valence-corrected chi connectivity index (χ1v) is 11.5. The van der Waals surface area contributed by atoms with Crippen molar-refractivity contribution in [2.75, 3.05) is 12.4 Å². The molecule has 0 spiro atoms. The molecule has 34 heavy (non-hydrogen) atoms. The highest BCUT2D eigenvalue weighted by molar-refractivity contribution is 6.24. The number of nitrogens with one attached hydrogen (secondary N) is 3. The highest BCUT2D eigenvalue weighted by atomic mass is 16.7. The van der Waals surface area contributed by atoms with Crippen molar-refractivity contribution in [3.8, 4) is 5.75 Å². The Bertz CT molecular complexity index is 1370. The Morgan fingerprint density at radius 1 is 1.18 bits per heavy atom. The average Bonchev–Trinajstić information content (AvgIpc) is 3.35. The van der Waals surface area contributed by atoms with Gasteiger partial charge in [0.2, 0.25) is 0 Å². The monoisotopic (exact) mass is 458 g/mol. The second-order valence-electron chi connectivity index (χ2n) is 9.60. The molecule has 2 aromatic carbocycles. The molecule has 2 aliphatic heterocycles. The molecular formula is C27H30N4O3. The minimum Gasteiger partial charge on any atom is -0.496 e. The minimum absolute atomic E-state index is 0.0510. The van der Waals surface area contributed by atoms with Crippen LogP contribution in [0.1, 0.15) is 56.9 Å². The number of aromatic amines is 1. The SMILES string of the molecule is COc1cc2c3c([nH]c2cc1C1=C(C)ONC1C)NC(C)N=C3c1cccc(C(C)(C)C=O)c1. The van der Waals surface area contributed by atoms with Crippen LogP contribution in [0.2, 0.25) is 0 Å². The number of hydrogen-bond acceptors (Lipinski definition) is 6. The van der Waals surface area contributed by atoms with E-state index in [1.165, 1.54) is 0 Å². The van der Waals surface area contributed by atoms with Gasteiger partial charge in [-0.3, -0.25) is 4.99 Å². The molecule has 7 nitrogen and oxygen atoms in total. The minimum atomic E-state index is -0.573. The van der Waals surface area contributed by atoms with Crippen molar-refractivity contribution in [1.82, 2.24) is 10.5 Å². The molecule has 2 atom stereocenters. The third kappa shape index (κ3) is 3.47. The maximum Gasteiger partial charge on any atom is 0.129 e. The van der Waals surface area contributed by atoms with Gasteiger partial charge >= 0.3 is 0 Å². The molecule has 5 rings (SSSR count). The van der Waals surface area contributed by atoms with Crippen LogP contribution in [0.5, 0.6) is 5.75 Å². The predicted octanol–water partition coefficient (Wildman–Crippen LogP) is 4.92. The first-order valence-electron chi connectivity index (χ1n) is 11.5. The maximum absolute atomic E-state index is 11.7. The number of ether oxygens (including phenoxy) is 1. The van der Waals surface area contributed by atoms with Crippen LogP contribution in [0.4, 0.5) is 5.82 Å². The van der Waals surface area contributed by atoms with E-state index in [1.807, 2.05) is 45.9 Å². The van der Waals surface area contributed by atoms with Gasteiger partial charge in [0.05, 0.1) is 24.4 Å². The summed E-state index contributed by atoms with van der Waals surface area (Å²) in [6.45, 7) is 9.90. The molecule has 0 radical (unpaired) electrons. The topological polar surface area (TPSA) is 87.7 Å². The number of benzene rings is 2. The van der Waals surface area contributed by atoms with Crippen LogP contribution in [-0.4, -0.2) is 36.3 Å². The molecule has 0 bridgehead atoms. The third-order valence-electron chi connectivity index (χ3n) is 6.70. The van der Waals surface area contributed by atoms with Crippen LogP contribution in [0.25, 0.3) is 16.5 Å². The number of methoxy groups -OCH3 is 1. The van der Waals surface area contributed by atoms with Gasteiger partial charge in [0.1, 0.15) is 29.8 Å². The number of aldehydes is 1. The molecule has 0 aliphatic carbocycles. The first kappa shape index (κ1) is 22.2. The molecule has 1 aromatic heterocycles. The molecule has 2 aliphatic rings. The number of fused-ring (bicyclic) bond motifs is 3.